The highest BCUT2D eigenvalue weighted by molar-refractivity contribution is 5.88. The van der Waals surface area contributed by atoms with E-state index in [1.807, 2.05) is 38.1 Å². The Labute approximate surface area is 345 Å². The van der Waals surface area contributed by atoms with Gasteiger partial charge in [0.2, 0.25) is 18.2 Å². The molecule has 322 valence electrons. The van der Waals surface area contributed by atoms with Gasteiger partial charge in [-0.05, 0) is 73.4 Å². The number of alkyl carbamates (subject to hydrolysis) is 1. The van der Waals surface area contributed by atoms with Crippen molar-refractivity contribution in [3.63, 3.8) is 0 Å². The van der Waals surface area contributed by atoms with Crippen molar-refractivity contribution in [3.8, 4) is 23.1 Å². The van der Waals surface area contributed by atoms with Crippen molar-refractivity contribution < 1.29 is 46.9 Å². The van der Waals surface area contributed by atoms with Gasteiger partial charge in [-0.15, -0.1) is 0 Å². The average molecular weight is 837 g/mol. The first-order valence-corrected chi connectivity index (χ1v) is 19.9. The van der Waals surface area contributed by atoms with Crippen LogP contribution in [-0.2, 0) is 30.0 Å². The van der Waals surface area contributed by atoms with Crippen molar-refractivity contribution in [2.45, 2.75) is 95.7 Å². The number of amides is 3. The number of methoxy groups -OCH3 is 3. The summed E-state index contributed by atoms with van der Waals surface area (Å²) in [6.45, 7) is 6.24. The Bertz CT molecular complexity index is 2230. The number of aliphatic hydroxyl groups is 1. The van der Waals surface area contributed by atoms with Crippen molar-refractivity contribution in [2.75, 3.05) is 34.4 Å². The maximum atomic E-state index is 14.3. The van der Waals surface area contributed by atoms with Gasteiger partial charge in [0.15, 0.2) is 5.69 Å². The monoisotopic (exact) mass is 836 g/mol. The van der Waals surface area contributed by atoms with Gasteiger partial charge in [-0.2, -0.15) is 13.2 Å². The molecule has 0 radical (unpaired) electrons. The number of nitrogens with zero attached hydrogens (tertiary/aromatic N) is 4. The van der Waals surface area contributed by atoms with Gasteiger partial charge >= 0.3 is 12.3 Å². The third-order valence-electron chi connectivity index (χ3n) is 11.4. The molecule has 7 unspecified atom stereocenters. The first-order valence-electron chi connectivity index (χ1n) is 19.9. The minimum atomic E-state index is -4.81. The maximum absolute atomic E-state index is 14.3. The molecule has 0 spiro atoms. The van der Waals surface area contributed by atoms with Crippen LogP contribution in [-0.4, -0.2) is 112 Å². The normalized spacial score (nSPS) is 19.4. The number of rotatable bonds is 13. The van der Waals surface area contributed by atoms with Crippen molar-refractivity contribution in [1.29, 1.82) is 0 Å². The molecule has 0 bridgehead atoms. The fraction of sp³-hybridized carbons (Fsp3) is 0.500. The van der Waals surface area contributed by atoms with Crippen LogP contribution in [0.1, 0.15) is 93.6 Å². The lowest BCUT2D eigenvalue weighted by atomic mass is 9.97. The summed E-state index contributed by atoms with van der Waals surface area (Å²) in [6.07, 6.45) is -2.85. The van der Waals surface area contributed by atoms with Gasteiger partial charge in [0.1, 0.15) is 23.4 Å². The number of carbonyl (C=O) groups excluding carboxylic acids is 3. The Kier molecular flexibility index (Phi) is 13.8. The molecule has 2 aromatic carbocycles. The molecule has 2 aromatic heterocycles. The van der Waals surface area contributed by atoms with Gasteiger partial charge < -0.3 is 44.4 Å². The molecule has 4 aromatic rings. The Morgan fingerprint density at radius 2 is 1.57 bits per heavy atom. The summed E-state index contributed by atoms with van der Waals surface area (Å²) in [4.78, 5) is 57.3. The molecule has 0 saturated carbocycles. The van der Waals surface area contributed by atoms with Crippen molar-refractivity contribution in [2.24, 2.45) is 5.92 Å². The minimum Gasteiger partial charge on any atom is -0.453 e. The molecule has 3 amide bonds. The lowest BCUT2D eigenvalue weighted by Crippen LogP contribution is -2.54. The van der Waals surface area contributed by atoms with E-state index in [2.05, 4.69) is 42.4 Å². The second-order valence-corrected chi connectivity index (χ2v) is 15.1. The predicted molar refractivity (Wildman–Crippen MR) is 214 cm³/mol. The van der Waals surface area contributed by atoms with Crippen LogP contribution in [0.25, 0.3) is 22.0 Å². The fourth-order valence-electron chi connectivity index (χ4n) is 7.75. The van der Waals surface area contributed by atoms with Crippen LogP contribution in [0.3, 0.4) is 0 Å². The Morgan fingerprint density at radius 1 is 0.917 bits per heavy atom. The van der Waals surface area contributed by atoms with E-state index in [4.69, 9.17) is 14.2 Å². The van der Waals surface area contributed by atoms with E-state index >= 15 is 0 Å². The number of nitrogens with one attached hydrogen (secondary N) is 4. The van der Waals surface area contributed by atoms with E-state index in [0.717, 1.165) is 28.5 Å². The largest absolute Gasteiger partial charge is 0.453 e. The summed E-state index contributed by atoms with van der Waals surface area (Å²) in [7, 11) is 3.98. The van der Waals surface area contributed by atoms with Gasteiger partial charge in [0, 0.05) is 38.4 Å². The first-order chi connectivity index (χ1) is 28.7. The number of halogens is 3. The van der Waals surface area contributed by atoms with E-state index in [0.29, 0.717) is 50.2 Å². The van der Waals surface area contributed by atoms with Crippen LogP contribution in [0.5, 0.6) is 0 Å². The van der Waals surface area contributed by atoms with E-state index in [1.165, 1.54) is 26.2 Å². The number of imidazole rings is 2. The number of H-pyrrole nitrogens is 2. The Balaban J connectivity index is 1.20. The van der Waals surface area contributed by atoms with Crippen LogP contribution in [0.15, 0.2) is 42.6 Å². The van der Waals surface area contributed by atoms with E-state index < -0.39 is 54.3 Å². The highest BCUT2D eigenvalue weighted by Crippen LogP contribution is 2.37. The highest BCUT2D eigenvalue weighted by Gasteiger charge is 2.42. The summed E-state index contributed by atoms with van der Waals surface area (Å²) in [6, 6.07) is 8.19. The van der Waals surface area contributed by atoms with Crippen LogP contribution < -0.4 is 10.6 Å². The summed E-state index contributed by atoms with van der Waals surface area (Å²) >= 11 is 0. The molecule has 18 heteroatoms. The number of alkyl halides is 3. The molecule has 6 rings (SSSR count). The third kappa shape index (κ3) is 9.60. The molecule has 4 heterocycles. The molecule has 2 aliphatic heterocycles. The van der Waals surface area contributed by atoms with Crippen molar-refractivity contribution in [1.82, 2.24) is 40.4 Å². The van der Waals surface area contributed by atoms with Crippen LogP contribution in [0.2, 0.25) is 0 Å². The van der Waals surface area contributed by atoms with Crippen LogP contribution >= 0.6 is 0 Å². The molecule has 60 heavy (non-hydrogen) atoms. The third-order valence-corrected chi connectivity index (χ3v) is 11.4. The standard InChI is InChI=1S/C42H51F3N8O7/c1-7-23(2)33(49-40(56)59-5)38(54)53-19-9-11-32(53)37-47-29(35(51-37)42(43,44)45)17-13-25-12-14-27-21-28(16-15-26(27)20-25)30-22-46-36(48-30)31-10-8-18-52(31)39(55)34(24(3)58-4)50-41(57)60-6/h12,14-16,20-24,31-34,40,49,56H,7-11,18-19H2,1-6H3,(H,46,48)(H,47,51)(H,50,57). The molecule has 2 fully saturated rings. The van der Waals surface area contributed by atoms with Crippen molar-refractivity contribution in [3.05, 3.63) is 71.2 Å². The number of aromatic amines is 2. The number of fused-ring (bicyclic) bond motifs is 1. The van der Waals surface area contributed by atoms with Gasteiger partial charge in [-0.3, -0.25) is 14.9 Å². The van der Waals surface area contributed by atoms with E-state index in [-0.39, 0.29) is 29.6 Å². The molecule has 7 atom stereocenters. The van der Waals surface area contributed by atoms with Gasteiger partial charge in [0.05, 0.1) is 43.2 Å². The SMILES string of the molecule is CCC(C)C(NC(O)OC)C(=O)N1CCCC1c1nc(C(F)(F)F)c(C#Cc2ccc3cc(-c4cnc(C5CCCN5C(=O)C(NC(=O)OC)C(C)OC)[nH]4)ccc3c2)[nH]1. The lowest BCUT2D eigenvalue weighted by Gasteiger charge is -2.32. The molecule has 2 aliphatic rings. The quantitative estimate of drug-likeness (QED) is 0.0865. The number of carbonyl (C=O) groups is 3. The van der Waals surface area contributed by atoms with E-state index in [9.17, 15) is 32.7 Å². The number of aliphatic hydroxyl groups excluding tert-OH is 1. The Hall–Kier alpha value is -5.48. The average Bonchev–Trinajstić information content (AvgIpc) is 4.09. The lowest BCUT2D eigenvalue weighted by molar-refractivity contribution is -0.145. The topological polar surface area (TPSA) is 187 Å². The smallest absolute Gasteiger partial charge is 0.436 e. The summed E-state index contributed by atoms with van der Waals surface area (Å²) in [5, 5.41) is 17.1. The number of hydrogen-bond donors (Lipinski definition) is 5. The second-order valence-electron chi connectivity index (χ2n) is 15.1. The number of hydrogen-bond acceptors (Lipinski definition) is 10. The number of benzene rings is 2. The predicted octanol–water partition coefficient (Wildman–Crippen LogP) is 5.38. The summed E-state index contributed by atoms with van der Waals surface area (Å²) in [5.74, 6) is 5.24. The molecular formula is C42H51F3N8O7. The molecule has 5 N–H and O–H groups in total. The number of ether oxygens (including phenoxy) is 3. The zero-order valence-corrected chi connectivity index (χ0v) is 34.4. The zero-order valence-electron chi connectivity index (χ0n) is 34.4. The highest BCUT2D eigenvalue weighted by atomic mass is 19.4. The van der Waals surface area contributed by atoms with Gasteiger partial charge in [-0.1, -0.05) is 44.4 Å². The summed E-state index contributed by atoms with van der Waals surface area (Å²) in [5.41, 5.74) is 0.469. The fourth-order valence-corrected chi connectivity index (χ4v) is 7.75. The van der Waals surface area contributed by atoms with Crippen LogP contribution in [0.4, 0.5) is 18.0 Å². The van der Waals surface area contributed by atoms with Crippen LogP contribution in [0, 0.1) is 17.8 Å². The summed E-state index contributed by atoms with van der Waals surface area (Å²) < 4.78 is 58.0. The molecule has 15 nitrogen and oxygen atoms in total. The molecule has 2 saturated heterocycles. The van der Waals surface area contributed by atoms with Crippen molar-refractivity contribution >= 4 is 28.7 Å². The maximum Gasteiger partial charge on any atom is 0.436 e. The van der Waals surface area contributed by atoms with E-state index in [1.54, 1.807) is 30.2 Å². The molecule has 0 aliphatic carbocycles. The number of aromatic nitrogens is 4. The van der Waals surface area contributed by atoms with Gasteiger partial charge in [0.25, 0.3) is 0 Å². The first kappa shape index (κ1) is 44.1. The Morgan fingerprint density at radius 3 is 2.20 bits per heavy atom. The van der Waals surface area contributed by atoms with Gasteiger partial charge in [-0.25, -0.2) is 14.8 Å². The number of likely N-dealkylation sites (tertiary alicyclic amines) is 2. The second kappa shape index (κ2) is 18.8. The molecular weight excluding hydrogens is 786 g/mol. The zero-order chi connectivity index (χ0) is 43.3. The minimum absolute atomic E-state index is 0.00614.